The number of hydrogen-bond acceptors (Lipinski definition) is 4. The Bertz CT molecular complexity index is 320. The second-order valence-electron chi connectivity index (χ2n) is 4.56. The fourth-order valence-corrected chi connectivity index (χ4v) is 2.53. The van der Waals surface area contributed by atoms with Crippen LogP contribution >= 0.6 is 11.3 Å². The predicted molar refractivity (Wildman–Crippen MR) is 68.6 cm³/mol. The molecule has 0 radical (unpaired) electrons. The molecule has 90 valence electrons. The van der Waals surface area contributed by atoms with Crippen molar-refractivity contribution in [2.45, 2.75) is 45.3 Å². The van der Waals surface area contributed by atoms with Gasteiger partial charge in [-0.15, -0.1) is 11.3 Å². The minimum atomic E-state index is 0.823. The lowest BCUT2D eigenvalue weighted by Gasteiger charge is -2.13. The standard InChI is InChI=1S/C12H21N3S/c1-3-6-13-7-12-14-10(9-16-12)8-15(2)11-4-5-11/h9,11,13H,3-8H2,1-2H3. The molecule has 0 atom stereocenters. The van der Waals surface area contributed by atoms with Gasteiger partial charge in [0, 0.05) is 24.5 Å². The van der Waals surface area contributed by atoms with E-state index in [2.05, 4.69) is 34.6 Å². The molecule has 1 saturated carbocycles. The average Bonchev–Trinajstić information content (AvgIpc) is 3.03. The lowest BCUT2D eigenvalue weighted by Crippen LogP contribution is -2.20. The van der Waals surface area contributed by atoms with Gasteiger partial charge in [-0.25, -0.2) is 4.98 Å². The van der Waals surface area contributed by atoms with Crippen LogP contribution in [0.3, 0.4) is 0 Å². The normalized spacial score (nSPS) is 15.9. The molecular formula is C12H21N3S. The number of hydrogen-bond donors (Lipinski definition) is 1. The third kappa shape index (κ3) is 3.54. The van der Waals surface area contributed by atoms with Crippen LogP contribution in [0.15, 0.2) is 5.38 Å². The zero-order valence-corrected chi connectivity index (χ0v) is 11.0. The minimum Gasteiger partial charge on any atom is -0.310 e. The highest BCUT2D eigenvalue weighted by atomic mass is 32.1. The van der Waals surface area contributed by atoms with Crippen molar-refractivity contribution in [3.8, 4) is 0 Å². The van der Waals surface area contributed by atoms with Crippen molar-refractivity contribution in [2.24, 2.45) is 0 Å². The molecule has 16 heavy (non-hydrogen) atoms. The molecule has 0 amide bonds. The number of nitrogens with zero attached hydrogens (tertiary/aromatic N) is 2. The van der Waals surface area contributed by atoms with E-state index in [9.17, 15) is 0 Å². The van der Waals surface area contributed by atoms with Crippen molar-refractivity contribution < 1.29 is 0 Å². The highest BCUT2D eigenvalue weighted by Crippen LogP contribution is 2.26. The number of thiazole rings is 1. The predicted octanol–water partition coefficient (Wildman–Crippen LogP) is 2.24. The van der Waals surface area contributed by atoms with E-state index in [1.54, 1.807) is 11.3 Å². The van der Waals surface area contributed by atoms with E-state index in [1.165, 1.54) is 30.0 Å². The molecule has 3 nitrogen and oxygen atoms in total. The van der Waals surface area contributed by atoms with E-state index in [0.29, 0.717) is 0 Å². The van der Waals surface area contributed by atoms with Gasteiger partial charge in [0.1, 0.15) is 5.01 Å². The van der Waals surface area contributed by atoms with E-state index in [0.717, 1.165) is 25.7 Å². The van der Waals surface area contributed by atoms with Gasteiger partial charge in [0.05, 0.1) is 5.69 Å². The molecule has 1 N–H and O–H groups in total. The Hall–Kier alpha value is -0.450. The van der Waals surface area contributed by atoms with E-state index in [-0.39, 0.29) is 0 Å². The van der Waals surface area contributed by atoms with E-state index < -0.39 is 0 Å². The van der Waals surface area contributed by atoms with Gasteiger partial charge in [0.2, 0.25) is 0 Å². The first kappa shape index (κ1) is 12.0. The topological polar surface area (TPSA) is 28.2 Å². The first-order valence-corrected chi connectivity index (χ1v) is 7.01. The van der Waals surface area contributed by atoms with Gasteiger partial charge in [0.15, 0.2) is 0 Å². The minimum absolute atomic E-state index is 0.823. The van der Waals surface area contributed by atoms with Gasteiger partial charge in [-0.2, -0.15) is 0 Å². The summed E-state index contributed by atoms with van der Waals surface area (Å²) in [6, 6.07) is 0.823. The van der Waals surface area contributed by atoms with Crippen LogP contribution in [-0.4, -0.2) is 29.5 Å². The molecular weight excluding hydrogens is 218 g/mol. The van der Waals surface area contributed by atoms with Crippen molar-refractivity contribution in [1.29, 1.82) is 0 Å². The number of aromatic nitrogens is 1. The maximum absolute atomic E-state index is 4.65. The third-order valence-corrected chi connectivity index (χ3v) is 3.78. The van der Waals surface area contributed by atoms with Crippen LogP contribution in [0.2, 0.25) is 0 Å². The Kier molecular flexibility index (Phi) is 4.32. The lowest BCUT2D eigenvalue weighted by molar-refractivity contribution is 0.313. The SMILES string of the molecule is CCCNCc1nc(CN(C)C2CC2)cs1. The van der Waals surface area contributed by atoms with Crippen LogP contribution in [0.25, 0.3) is 0 Å². The van der Waals surface area contributed by atoms with Crippen molar-refractivity contribution in [3.05, 3.63) is 16.1 Å². The first-order chi connectivity index (χ1) is 7.79. The lowest BCUT2D eigenvalue weighted by atomic mass is 10.4. The molecule has 1 aromatic heterocycles. The molecule has 4 heteroatoms. The maximum atomic E-state index is 4.65. The van der Waals surface area contributed by atoms with Crippen molar-refractivity contribution in [3.63, 3.8) is 0 Å². The average molecular weight is 239 g/mol. The molecule has 0 aliphatic heterocycles. The quantitative estimate of drug-likeness (QED) is 0.740. The van der Waals surface area contributed by atoms with E-state index >= 15 is 0 Å². The number of nitrogens with one attached hydrogen (secondary N) is 1. The first-order valence-electron chi connectivity index (χ1n) is 6.14. The highest BCUT2D eigenvalue weighted by molar-refractivity contribution is 7.09. The smallest absolute Gasteiger partial charge is 0.107 e. The summed E-state index contributed by atoms with van der Waals surface area (Å²) in [5.74, 6) is 0. The summed E-state index contributed by atoms with van der Waals surface area (Å²) in [5.41, 5.74) is 1.23. The zero-order valence-electron chi connectivity index (χ0n) is 10.2. The molecule has 1 aliphatic rings. The van der Waals surface area contributed by atoms with Crippen LogP contribution in [0.1, 0.15) is 36.9 Å². The van der Waals surface area contributed by atoms with Crippen LogP contribution in [0, 0.1) is 0 Å². The summed E-state index contributed by atoms with van der Waals surface area (Å²) in [5, 5.41) is 6.80. The Morgan fingerprint density at radius 2 is 2.38 bits per heavy atom. The van der Waals surface area contributed by atoms with Crippen molar-refractivity contribution >= 4 is 11.3 Å². The molecule has 0 spiro atoms. The Labute approximate surface area is 102 Å². The third-order valence-electron chi connectivity index (χ3n) is 2.88. The second-order valence-corrected chi connectivity index (χ2v) is 5.50. The Morgan fingerprint density at radius 3 is 3.06 bits per heavy atom. The number of rotatable bonds is 7. The maximum Gasteiger partial charge on any atom is 0.107 e. The summed E-state index contributed by atoms with van der Waals surface area (Å²) in [4.78, 5) is 7.06. The Morgan fingerprint density at radius 1 is 1.56 bits per heavy atom. The van der Waals surface area contributed by atoms with Gasteiger partial charge in [-0.1, -0.05) is 6.92 Å². The van der Waals surface area contributed by atoms with Gasteiger partial charge in [-0.05, 0) is 32.9 Å². The van der Waals surface area contributed by atoms with Crippen molar-refractivity contribution in [1.82, 2.24) is 15.2 Å². The molecule has 0 aromatic carbocycles. The highest BCUT2D eigenvalue weighted by Gasteiger charge is 2.26. The van der Waals surface area contributed by atoms with Gasteiger partial charge in [0.25, 0.3) is 0 Å². The van der Waals surface area contributed by atoms with E-state index in [1.807, 2.05) is 0 Å². The Balaban J connectivity index is 1.77. The van der Waals surface area contributed by atoms with E-state index in [4.69, 9.17) is 0 Å². The van der Waals surface area contributed by atoms with Crippen LogP contribution < -0.4 is 5.32 Å². The molecule has 0 unspecified atom stereocenters. The largest absolute Gasteiger partial charge is 0.310 e. The van der Waals surface area contributed by atoms with Crippen LogP contribution in [0.5, 0.6) is 0 Å². The molecule has 1 aromatic rings. The zero-order chi connectivity index (χ0) is 11.4. The van der Waals surface area contributed by atoms with Crippen LogP contribution in [0.4, 0.5) is 0 Å². The van der Waals surface area contributed by atoms with Crippen molar-refractivity contribution in [2.75, 3.05) is 13.6 Å². The summed E-state index contributed by atoms with van der Waals surface area (Å²) in [6.45, 7) is 5.20. The molecule has 2 rings (SSSR count). The van der Waals surface area contributed by atoms with Gasteiger partial charge in [-0.3, -0.25) is 4.90 Å². The summed E-state index contributed by atoms with van der Waals surface area (Å²) in [7, 11) is 2.20. The van der Waals surface area contributed by atoms with Crippen LogP contribution in [-0.2, 0) is 13.1 Å². The fourth-order valence-electron chi connectivity index (χ4n) is 1.77. The second kappa shape index (κ2) is 5.75. The summed E-state index contributed by atoms with van der Waals surface area (Å²) in [6.07, 6.45) is 3.92. The molecule has 1 fully saturated rings. The van der Waals surface area contributed by atoms with Gasteiger partial charge < -0.3 is 5.32 Å². The van der Waals surface area contributed by atoms with Gasteiger partial charge >= 0.3 is 0 Å². The molecule has 1 heterocycles. The fraction of sp³-hybridized carbons (Fsp3) is 0.750. The molecule has 0 saturated heterocycles. The summed E-state index contributed by atoms with van der Waals surface area (Å²) < 4.78 is 0. The summed E-state index contributed by atoms with van der Waals surface area (Å²) >= 11 is 1.77. The molecule has 1 aliphatic carbocycles. The molecule has 0 bridgehead atoms. The monoisotopic (exact) mass is 239 g/mol.